The minimum absolute atomic E-state index is 0.0546. The molecule has 0 bridgehead atoms. The monoisotopic (exact) mass is 291 g/mol. The van der Waals surface area contributed by atoms with Crippen molar-refractivity contribution in [2.45, 2.75) is 31.7 Å². The summed E-state index contributed by atoms with van der Waals surface area (Å²) < 4.78 is 10.3. The van der Waals surface area contributed by atoms with Gasteiger partial charge in [-0.2, -0.15) is 0 Å². The first-order chi connectivity index (χ1) is 10.2. The number of esters is 1. The Morgan fingerprint density at radius 3 is 2.71 bits per heavy atom. The van der Waals surface area contributed by atoms with Crippen LogP contribution in [0.2, 0.25) is 0 Å². The molecule has 0 aliphatic carbocycles. The van der Waals surface area contributed by atoms with Gasteiger partial charge in [-0.3, -0.25) is 4.79 Å². The molecule has 0 spiro atoms. The van der Waals surface area contributed by atoms with Crippen molar-refractivity contribution in [3.8, 4) is 5.75 Å². The van der Waals surface area contributed by atoms with Gasteiger partial charge in [-0.15, -0.1) is 0 Å². The number of ether oxygens (including phenoxy) is 2. The van der Waals surface area contributed by atoms with Gasteiger partial charge in [-0.05, 0) is 31.4 Å². The van der Waals surface area contributed by atoms with Crippen molar-refractivity contribution in [3.63, 3.8) is 0 Å². The maximum absolute atomic E-state index is 12.3. The molecule has 1 amide bonds. The molecule has 1 aromatic rings. The number of nitrogens with zero attached hydrogens (tertiary/aromatic N) is 1. The van der Waals surface area contributed by atoms with Crippen LogP contribution in [0.4, 0.5) is 0 Å². The molecular formula is C16H21NO4. The highest BCUT2D eigenvalue weighted by atomic mass is 16.5. The van der Waals surface area contributed by atoms with Crippen molar-refractivity contribution >= 4 is 11.9 Å². The predicted octanol–water partition coefficient (Wildman–Crippen LogP) is 2.01. The summed E-state index contributed by atoms with van der Waals surface area (Å²) in [6.07, 6.45) is 2.82. The highest BCUT2D eigenvalue weighted by Crippen LogP contribution is 2.19. The maximum atomic E-state index is 12.3. The summed E-state index contributed by atoms with van der Waals surface area (Å²) in [7, 11) is 1.36. The first kappa shape index (κ1) is 15.4. The van der Waals surface area contributed by atoms with E-state index in [0.29, 0.717) is 19.6 Å². The Labute approximate surface area is 124 Å². The zero-order chi connectivity index (χ0) is 15.1. The van der Waals surface area contributed by atoms with Gasteiger partial charge in [0.2, 0.25) is 5.91 Å². The largest absolute Gasteiger partial charge is 0.493 e. The Hall–Kier alpha value is -2.04. The van der Waals surface area contributed by atoms with E-state index < -0.39 is 6.04 Å². The molecule has 0 aromatic heterocycles. The summed E-state index contributed by atoms with van der Waals surface area (Å²) in [5, 5.41) is 0. The lowest BCUT2D eigenvalue weighted by Gasteiger charge is -2.33. The van der Waals surface area contributed by atoms with Gasteiger partial charge in [0.15, 0.2) is 0 Å². The molecule has 1 aromatic carbocycles. The highest BCUT2D eigenvalue weighted by Gasteiger charge is 2.32. The van der Waals surface area contributed by atoms with Gasteiger partial charge in [-0.1, -0.05) is 18.2 Å². The standard InChI is InChI=1S/C16H21NO4/c1-20-16(19)14-9-5-6-11-17(14)15(18)10-12-21-13-7-3-2-4-8-13/h2-4,7-8,14H,5-6,9-12H2,1H3. The molecule has 1 unspecified atom stereocenters. The second-order valence-electron chi connectivity index (χ2n) is 5.03. The number of hydrogen-bond donors (Lipinski definition) is 0. The van der Waals surface area contributed by atoms with Gasteiger partial charge in [0.05, 0.1) is 20.1 Å². The third kappa shape index (κ3) is 4.21. The first-order valence-electron chi connectivity index (χ1n) is 7.27. The number of carbonyl (C=O) groups is 2. The topological polar surface area (TPSA) is 55.8 Å². The number of amides is 1. The third-order valence-electron chi connectivity index (χ3n) is 3.62. The average Bonchev–Trinajstić information content (AvgIpc) is 2.55. The highest BCUT2D eigenvalue weighted by molar-refractivity contribution is 5.84. The van der Waals surface area contributed by atoms with Gasteiger partial charge >= 0.3 is 5.97 Å². The molecule has 0 N–H and O–H groups in total. The van der Waals surface area contributed by atoms with Crippen LogP contribution in [0.25, 0.3) is 0 Å². The van der Waals surface area contributed by atoms with Crippen LogP contribution in [0, 0.1) is 0 Å². The molecule has 2 rings (SSSR count). The van der Waals surface area contributed by atoms with Crippen LogP contribution < -0.4 is 4.74 Å². The van der Waals surface area contributed by atoms with E-state index in [4.69, 9.17) is 9.47 Å². The number of piperidine rings is 1. The van der Waals surface area contributed by atoms with E-state index in [2.05, 4.69) is 0 Å². The molecule has 1 saturated heterocycles. The fourth-order valence-corrected chi connectivity index (χ4v) is 2.53. The van der Waals surface area contributed by atoms with E-state index in [-0.39, 0.29) is 18.3 Å². The molecule has 0 saturated carbocycles. The van der Waals surface area contributed by atoms with Gasteiger partial charge < -0.3 is 14.4 Å². The molecule has 1 aliphatic heterocycles. The first-order valence-corrected chi connectivity index (χ1v) is 7.27. The zero-order valence-electron chi connectivity index (χ0n) is 12.3. The molecule has 1 heterocycles. The Morgan fingerprint density at radius 1 is 1.24 bits per heavy atom. The van der Waals surface area contributed by atoms with Crippen LogP contribution in [0.3, 0.4) is 0 Å². The van der Waals surface area contributed by atoms with Crippen molar-refractivity contribution in [2.75, 3.05) is 20.3 Å². The number of methoxy groups -OCH3 is 1. The molecule has 1 aliphatic rings. The Kier molecular flexibility index (Phi) is 5.60. The summed E-state index contributed by atoms with van der Waals surface area (Å²) >= 11 is 0. The summed E-state index contributed by atoms with van der Waals surface area (Å²) in [5.41, 5.74) is 0. The Bertz CT molecular complexity index is 474. The lowest BCUT2D eigenvalue weighted by Crippen LogP contribution is -2.48. The molecule has 21 heavy (non-hydrogen) atoms. The van der Waals surface area contributed by atoms with Crippen LogP contribution in [-0.2, 0) is 14.3 Å². The Balaban J connectivity index is 1.84. The predicted molar refractivity (Wildman–Crippen MR) is 77.9 cm³/mol. The van der Waals surface area contributed by atoms with Crippen molar-refractivity contribution in [2.24, 2.45) is 0 Å². The summed E-state index contributed by atoms with van der Waals surface area (Å²) in [4.78, 5) is 25.6. The van der Waals surface area contributed by atoms with Crippen LogP contribution in [0.15, 0.2) is 30.3 Å². The third-order valence-corrected chi connectivity index (χ3v) is 3.62. The van der Waals surface area contributed by atoms with Gasteiger partial charge in [0.25, 0.3) is 0 Å². The van der Waals surface area contributed by atoms with E-state index in [1.54, 1.807) is 4.90 Å². The fraction of sp³-hybridized carbons (Fsp3) is 0.500. The summed E-state index contributed by atoms with van der Waals surface area (Å²) in [6, 6.07) is 8.94. The number of benzene rings is 1. The lowest BCUT2D eigenvalue weighted by atomic mass is 10.0. The molecular weight excluding hydrogens is 270 g/mol. The number of carbonyl (C=O) groups excluding carboxylic acids is 2. The van der Waals surface area contributed by atoms with Crippen molar-refractivity contribution in [3.05, 3.63) is 30.3 Å². The van der Waals surface area contributed by atoms with E-state index in [9.17, 15) is 9.59 Å². The number of para-hydroxylation sites is 1. The molecule has 5 nitrogen and oxygen atoms in total. The SMILES string of the molecule is COC(=O)C1CCCCN1C(=O)CCOc1ccccc1. The zero-order valence-corrected chi connectivity index (χ0v) is 12.3. The van der Waals surface area contributed by atoms with E-state index in [0.717, 1.165) is 18.6 Å². The molecule has 5 heteroatoms. The molecule has 114 valence electrons. The summed E-state index contributed by atoms with van der Waals surface area (Å²) in [5.74, 6) is 0.363. The minimum Gasteiger partial charge on any atom is -0.493 e. The van der Waals surface area contributed by atoms with E-state index >= 15 is 0 Å². The van der Waals surface area contributed by atoms with E-state index in [1.165, 1.54) is 7.11 Å². The molecule has 1 atom stereocenters. The minimum atomic E-state index is -0.437. The number of hydrogen-bond acceptors (Lipinski definition) is 4. The normalized spacial score (nSPS) is 18.1. The average molecular weight is 291 g/mol. The molecule has 1 fully saturated rings. The van der Waals surface area contributed by atoms with Gasteiger partial charge in [0.1, 0.15) is 11.8 Å². The van der Waals surface area contributed by atoms with Crippen molar-refractivity contribution in [1.29, 1.82) is 0 Å². The molecule has 0 radical (unpaired) electrons. The van der Waals surface area contributed by atoms with Gasteiger partial charge in [-0.25, -0.2) is 4.79 Å². The lowest BCUT2D eigenvalue weighted by molar-refractivity contribution is -0.154. The van der Waals surface area contributed by atoms with Crippen LogP contribution in [0.1, 0.15) is 25.7 Å². The van der Waals surface area contributed by atoms with Gasteiger partial charge in [0, 0.05) is 6.54 Å². The Morgan fingerprint density at radius 2 is 2.00 bits per heavy atom. The maximum Gasteiger partial charge on any atom is 0.328 e. The number of likely N-dealkylation sites (tertiary alicyclic amines) is 1. The van der Waals surface area contributed by atoms with Crippen molar-refractivity contribution in [1.82, 2.24) is 4.90 Å². The number of rotatable bonds is 5. The van der Waals surface area contributed by atoms with Crippen LogP contribution >= 0.6 is 0 Å². The van der Waals surface area contributed by atoms with Crippen LogP contribution in [-0.4, -0.2) is 43.1 Å². The fourth-order valence-electron chi connectivity index (χ4n) is 2.53. The van der Waals surface area contributed by atoms with Crippen molar-refractivity contribution < 1.29 is 19.1 Å². The smallest absolute Gasteiger partial charge is 0.328 e. The van der Waals surface area contributed by atoms with E-state index in [1.807, 2.05) is 30.3 Å². The second kappa shape index (κ2) is 7.67. The van der Waals surface area contributed by atoms with Crippen LogP contribution in [0.5, 0.6) is 5.75 Å². The quantitative estimate of drug-likeness (QED) is 0.779. The second-order valence-corrected chi connectivity index (χ2v) is 5.03. The summed E-state index contributed by atoms with van der Waals surface area (Å²) in [6.45, 7) is 0.928.